The lowest BCUT2D eigenvalue weighted by molar-refractivity contribution is -0.173. The number of hydrogen-bond donors (Lipinski definition) is 4. The average molecular weight is 448 g/mol. The first kappa shape index (κ1) is 25.5. The number of carbonyl (C=O) groups excluding carboxylic acids is 4. The number of piperazine rings is 1. The van der Waals surface area contributed by atoms with Crippen molar-refractivity contribution >= 4 is 23.6 Å². The van der Waals surface area contributed by atoms with Crippen LogP contribution in [0.1, 0.15) is 38.5 Å². The molecule has 2 atom stereocenters. The number of hydrogen-bond acceptors (Lipinski definition) is 4. The standard InChI is InChI=1S/C16H22F6N4O4/c17-15(18,19)13(29)23-7-3-1-5-9-11(27)26-10(12(28)25-9)6-2-4-8-24-14(30)16(20,21)22/h9-10H,1-8H2,(H,23,29)(H,24,30)(H,25,28)(H,26,27). The Morgan fingerprint density at radius 2 is 1.03 bits per heavy atom. The van der Waals surface area contributed by atoms with Crippen molar-refractivity contribution in [3.05, 3.63) is 0 Å². The number of nitrogens with one attached hydrogen (secondary N) is 4. The van der Waals surface area contributed by atoms with Crippen LogP contribution in [-0.2, 0) is 19.2 Å². The lowest BCUT2D eigenvalue weighted by Gasteiger charge is -2.29. The molecule has 1 aliphatic rings. The molecule has 0 aromatic rings. The molecule has 0 radical (unpaired) electrons. The van der Waals surface area contributed by atoms with E-state index in [-0.39, 0.29) is 51.6 Å². The van der Waals surface area contributed by atoms with Gasteiger partial charge in [-0.3, -0.25) is 19.2 Å². The molecule has 0 saturated carbocycles. The molecule has 1 saturated heterocycles. The smallest absolute Gasteiger partial charge is 0.348 e. The Balaban J connectivity index is 2.22. The number of unbranched alkanes of at least 4 members (excludes halogenated alkanes) is 2. The first-order valence-electron chi connectivity index (χ1n) is 9.13. The van der Waals surface area contributed by atoms with Gasteiger partial charge in [-0.05, 0) is 38.5 Å². The zero-order chi connectivity index (χ0) is 22.9. The summed E-state index contributed by atoms with van der Waals surface area (Å²) in [5, 5.41) is 8.36. The van der Waals surface area contributed by atoms with Crippen molar-refractivity contribution in [2.75, 3.05) is 13.1 Å². The summed E-state index contributed by atoms with van der Waals surface area (Å²) in [6, 6.07) is -1.73. The molecule has 0 aliphatic carbocycles. The molecule has 1 aliphatic heterocycles. The zero-order valence-electron chi connectivity index (χ0n) is 15.7. The molecule has 1 fully saturated rings. The van der Waals surface area contributed by atoms with Crippen molar-refractivity contribution in [2.45, 2.75) is 63.0 Å². The molecule has 1 rings (SSSR count). The van der Waals surface area contributed by atoms with E-state index in [1.54, 1.807) is 10.6 Å². The first-order chi connectivity index (χ1) is 13.8. The molecule has 0 spiro atoms. The monoisotopic (exact) mass is 448 g/mol. The third-order valence-electron chi connectivity index (χ3n) is 4.19. The van der Waals surface area contributed by atoms with E-state index >= 15 is 0 Å². The summed E-state index contributed by atoms with van der Waals surface area (Å²) in [4.78, 5) is 45.3. The fourth-order valence-electron chi connectivity index (χ4n) is 2.63. The molecule has 30 heavy (non-hydrogen) atoms. The Kier molecular flexibility index (Phi) is 9.36. The van der Waals surface area contributed by atoms with Crippen LogP contribution < -0.4 is 21.3 Å². The van der Waals surface area contributed by atoms with Gasteiger partial charge in [-0.2, -0.15) is 26.3 Å². The summed E-state index contributed by atoms with van der Waals surface area (Å²) in [7, 11) is 0. The van der Waals surface area contributed by atoms with Crippen LogP contribution in [0.2, 0.25) is 0 Å². The van der Waals surface area contributed by atoms with Gasteiger partial charge in [-0.25, -0.2) is 0 Å². The topological polar surface area (TPSA) is 116 Å². The largest absolute Gasteiger partial charge is 0.471 e. The van der Waals surface area contributed by atoms with Crippen LogP contribution in [-0.4, -0.2) is 61.2 Å². The molecule has 2 unspecified atom stereocenters. The van der Waals surface area contributed by atoms with Crippen molar-refractivity contribution in [1.29, 1.82) is 0 Å². The predicted octanol–water partition coefficient (Wildman–Crippen LogP) is 0.667. The van der Waals surface area contributed by atoms with Gasteiger partial charge in [0.05, 0.1) is 0 Å². The molecule has 8 nitrogen and oxygen atoms in total. The summed E-state index contributed by atoms with van der Waals surface area (Å²) in [6.07, 6.45) is -8.69. The predicted molar refractivity (Wildman–Crippen MR) is 89.7 cm³/mol. The summed E-state index contributed by atoms with van der Waals surface area (Å²) >= 11 is 0. The quantitative estimate of drug-likeness (QED) is 0.290. The highest BCUT2D eigenvalue weighted by molar-refractivity contribution is 5.96. The Morgan fingerprint density at radius 1 is 0.700 bits per heavy atom. The maximum atomic E-state index is 12.0. The number of carbonyl (C=O) groups is 4. The lowest BCUT2D eigenvalue weighted by atomic mass is 10.0. The van der Waals surface area contributed by atoms with Gasteiger partial charge >= 0.3 is 24.2 Å². The van der Waals surface area contributed by atoms with Crippen LogP contribution in [0.4, 0.5) is 26.3 Å². The van der Waals surface area contributed by atoms with Gasteiger partial charge in [0, 0.05) is 13.1 Å². The fourth-order valence-corrected chi connectivity index (χ4v) is 2.63. The van der Waals surface area contributed by atoms with Crippen LogP contribution in [0.25, 0.3) is 0 Å². The molecule has 14 heteroatoms. The first-order valence-corrected chi connectivity index (χ1v) is 9.13. The molecular weight excluding hydrogens is 426 g/mol. The van der Waals surface area contributed by atoms with Crippen molar-refractivity contribution in [2.24, 2.45) is 0 Å². The normalized spacial score (nSPS) is 19.7. The van der Waals surface area contributed by atoms with Crippen LogP contribution in [0.3, 0.4) is 0 Å². The number of alkyl halides is 6. The van der Waals surface area contributed by atoms with Crippen molar-refractivity contribution in [3.8, 4) is 0 Å². The summed E-state index contributed by atoms with van der Waals surface area (Å²) in [6.45, 7) is -0.456. The Bertz CT molecular complexity index is 584. The number of halogens is 6. The second kappa shape index (κ2) is 11.0. The van der Waals surface area contributed by atoms with Gasteiger partial charge in [0.15, 0.2) is 0 Å². The SMILES string of the molecule is O=C1NC(CCCCNC(=O)C(F)(F)F)C(=O)NC1CCCCNC(=O)C(F)(F)F. The summed E-state index contributed by atoms with van der Waals surface area (Å²) < 4.78 is 72.1. The average Bonchev–Trinajstić information content (AvgIpc) is 2.62. The summed E-state index contributed by atoms with van der Waals surface area (Å²) in [5.74, 6) is -5.06. The maximum absolute atomic E-state index is 12.0. The molecule has 0 aromatic heterocycles. The van der Waals surface area contributed by atoms with E-state index in [1.165, 1.54) is 0 Å². The Hall–Kier alpha value is -2.54. The molecule has 4 N–H and O–H groups in total. The van der Waals surface area contributed by atoms with Crippen LogP contribution in [0, 0.1) is 0 Å². The van der Waals surface area contributed by atoms with E-state index in [9.17, 15) is 45.5 Å². The van der Waals surface area contributed by atoms with Gasteiger partial charge in [0.25, 0.3) is 0 Å². The zero-order valence-corrected chi connectivity index (χ0v) is 15.7. The highest BCUT2D eigenvalue weighted by Gasteiger charge is 2.39. The van der Waals surface area contributed by atoms with E-state index in [1.807, 2.05) is 0 Å². The van der Waals surface area contributed by atoms with Crippen LogP contribution >= 0.6 is 0 Å². The minimum Gasteiger partial charge on any atom is -0.348 e. The van der Waals surface area contributed by atoms with Gasteiger partial charge in [-0.15, -0.1) is 0 Å². The van der Waals surface area contributed by atoms with Gasteiger partial charge in [0.2, 0.25) is 11.8 Å². The van der Waals surface area contributed by atoms with E-state index < -0.39 is 48.1 Å². The highest BCUT2D eigenvalue weighted by atomic mass is 19.4. The van der Waals surface area contributed by atoms with Crippen molar-refractivity contribution in [3.63, 3.8) is 0 Å². The minimum atomic E-state index is -4.96. The third kappa shape index (κ3) is 8.86. The Morgan fingerprint density at radius 3 is 1.33 bits per heavy atom. The van der Waals surface area contributed by atoms with E-state index in [0.717, 1.165) is 0 Å². The van der Waals surface area contributed by atoms with Gasteiger partial charge < -0.3 is 21.3 Å². The summed E-state index contributed by atoms with van der Waals surface area (Å²) in [5.41, 5.74) is 0. The lowest BCUT2D eigenvalue weighted by Crippen LogP contribution is -2.61. The molecule has 4 amide bonds. The third-order valence-corrected chi connectivity index (χ3v) is 4.19. The molecule has 1 heterocycles. The number of rotatable bonds is 10. The Labute approximate surface area is 167 Å². The maximum Gasteiger partial charge on any atom is 0.471 e. The van der Waals surface area contributed by atoms with Crippen LogP contribution in [0.5, 0.6) is 0 Å². The second-order valence-electron chi connectivity index (χ2n) is 6.62. The minimum absolute atomic E-state index is 0.162. The van der Waals surface area contributed by atoms with E-state index in [2.05, 4.69) is 10.6 Å². The van der Waals surface area contributed by atoms with E-state index in [0.29, 0.717) is 0 Å². The second-order valence-corrected chi connectivity index (χ2v) is 6.62. The van der Waals surface area contributed by atoms with E-state index in [4.69, 9.17) is 0 Å². The highest BCUT2D eigenvalue weighted by Crippen LogP contribution is 2.15. The fraction of sp³-hybridized carbons (Fsp3) is 0.750. The molecule has 0 aromatic carbocycles. The van der Waals surface area contributed by atoms with Crippen LogP contribution in [0.15, 0.2) is 0 Å². The van der Waals surface area contributed by atoms with Crippen molar-refractivity contribution < 1.29 is 45.5 Å². The molecular formula is C16H22F6N4O4. The van der Waals surface area contributed by atoms with Crippen molar-refractivity contribution in [1.82, 2.24) is 21.3 Å². The number of amides is 4. The van der Waals surface area contributed by atoms with Gasteiger partial charge in [-0.1, -0.05) is 0 Å². The molecule has 0 bridgehead atoms. The van der Waals surface area contributed by atoms with Gasteiger partial charge in [0.1, 0.15) is 12.1 Å². The molecule has 172 valence electrons.